The lowest BCUT2D eigenvalue weighted by atomic mass is 10.1. The number of hydrogen-bond donors (Lipinski definition) is 2. The Bertz CT molecular complexity index is 735. The van der Waals surface area contributed by atoms with Crippen molar-refractivity contribution in [3.8, 4) is 0 Å². The number of anilines is 3. The second-order valence-electron chi connectivity index (χ2n) is 4.65. The molecule has 2 aromatic heterocycles. The van der Waals surface area contributed by atoms with Crippen molar-refractivity contribution < 1.29 is 0 Å². The van der Waals surface area contributed by atoms with Crippen molar-refractivity contribution in [1.29, 1.82) is 0 Å². The molecule has 4 nitrogen and oxygen atoms in total. The smallest absolute Gasteiger partial charge is 0.132 e. The van der Waals surface area contributed by atoms with Gasteiger partial charge in [-0.15, -0.1) is 0 Å². The van der Waals surface area contributed by atoms with Crippen molar-refractivity contribution in [2.45, 2.75) is 6.92 Å². The van der Waals surface area contributed by atoms with Crippen LogP contribution in [0.2, 0.25) is 0 Å². The fraction of sp³-hybridized carbons (Fsp3) is 0.125. The lowest BCUT2D eigenvalue weighted by Gasteiger charge is -2.09. The Balaban J connectivity index is 1.93. The predicted molar refractivity (Wildman–Crippen MR) is 83.5 cm³/mol. The van der Waals surface area contributed by atoms with E-state index in [1.165, 1.54) is 10.9 Å². The number of aromatic nitrogens is 2. The molecule has 2 N–H and O–H groups in total. The summed E-state index contributed by atoms with van der Waals surface area (Å²) in [5.74, 6) is 1.59. The summed E-state index contributed by atoms with van der Waals surface area (Å²) in [5, 5.41) is 7.46. The van der Waals surface area contributed by atoms with Crippen molar-refractivity contribution in [3.63, 3.8) is 0 Å². The average molecular weight is 264 g/mol. The highest BCUT2D eigenvalue weighted by Gasteiger charge is 2.03. The molecule has 0 aliphatic heterocycles. The summed E-state index contributed by atoms with van der Waals surface area (Å²) < 4.78 is 0. The Kier molecular flexibility index (Phi) is 3.21. The Morgan fingerprint density at radius 2 is 1.85 bits per heavy atom. The molecule has 3 rings (SSSR count). The first kappa shape index (κ1) is 12.4. The molecule has 0 saturated carbocycles. The van der Waals surface area contributed by atoms with Gasteiger partial charge >= 0.3 is 0 Å². The number of aryl methyl sites for hydroxylation is 1. The molecule has 4 heteroatoms. The topological polar surface area (TPSA) is 49.8 Å². The number of pyridine rings is 2. The first-order valence-electron chi connectivity index (χ1n) is 6.53. The quantitative estimate of drug-likeness (QED) is 0.757. The molecule has 0 saturated heterocycles. The Morgan fingerprint density at radius 3 is 2.60 bits per heavy atom. The van der Waals surface area contributed by atoms with Crippen molar-refractivity contribution in [3.05, 3.63) is 54.2 Å². The van der Waals surface area contributed by atoms with Crippen LogP contribution in [0.4, 0.5) is 17.3 Å². The number of benzene rings is 1. The summed E-state index contributed by atoms with van der Waals surface area (Å²) in [4.78, 5) is 8.95. The van der Waals surface area contributed by atoms with Crippen LogP contribution in [0.5, 0.6) is 0 Å². The van der Waals surface area contributed by atoms with E-state index >= 15 is 0 Å². The fourth-order valence-electron chi connectivity index (χ4n) is 2.16. The molecule has 1 aromatic carbocycles. The predicted octanol–water partition coefficient (Wildman–Crippen LogP) is 3.72. The van der Waals surface area contributed by atoms with Gasteiger partial charge in [0.2, 0.25) is 0 Å². The van der Waals surface area contributed by atoms with E-state index in [0.717, 1.165) is 22.8 Å². The molecule has 0 bridgehead atoms. The molecule has 0 radical (unpaired) electrons. The molecular weight excluding hydrogens is 248 g/mol. The van der Waals surface area contributed by atoms with Gasteiger partial charge in [0.05, 0.1) is 17.4 Å². The summed E-state index contributed by atoms with van der Waals surface area (Å²) in [6.45, 7) is 2.09. The van der Waals surface area contributed by atoms with Gasteiger partial charge in [-0.25, -0.2) is 9.97 Å². The highest BCUT2D eigenvalue weighted by atomic mass is 15.1. The molecule has 2 heterocycles. The molecule has 0 fully saturated rings. The van der Waals surface area contributed by atoms with Crippen LogP contribution in [0, 0.1) is 6.92 Å². The molecule has 0 aliphatic carbocycles. The third kappa shape index (κ3) is 2.40. The third-order valence-corrected chi connectivity index (χ3v) is 3.23. The lowest BCUT2D eigenvalue weighted by Crippen LogP contribution is -1.98. The van der Waals surface area contributed by atoms with Crippen molar-refractivity contribution >= 4 is 28.2 Å². The largest absolute Gasteiger partial charge is 0.387 e. The molecule has 20 heavy (non-hydrogen) atoms. The molecular formula is C16H16N4. The minimum Gasteiger partial charge on any atom is -0.387 e. The maximum atomic E-state index is 4.61. The minimum absolute atomic E-state index is 0.784. The highest BCUT2D eigenvalue weighted by Crippen LogP contribution is 2.22. The average Bonchev–Trinajstić information content (AvgIpc) is 2.48. The van der Waals surface area contributed by atoms with Crippen molar-refractivity contribution in [1.82, 2.24) is 9.97 Å². The molecule has 0 atom stereocenters. The summed E-state index contributed by atoms with van der Waals surface area (Å²) in [7, 11) is 1.87. The summed E-state index contributed by atoms with van der Waals surface area (Å²) in [5.41, 5.74) is 3.17. The molecule has 0 unspecified atom stereocenters. The number of nitrogens with zero attached hydrogens (tertiary/aromatic N) is 2. The van der Waals surface area contributed by atoms with E-state index in [9.17, 15) is 0 Å². The zero-order valence-corrected chi connectivity index (χ0v) is 11.5. The van der Waals surface area contributed by atoms with Crippen molar-refractivity contribution in [2.75, 3.05) is 17.7 Å². The Labute approximate surface area is 117 Å². The van der Waals surface area contributed by atoms with Crippen LogP contribution < -0.4 is 10.6 Å². The number of nitrogens with one attached hydrogen (secondary N) is 2. The second-order valence-corrected chi connectivity index (χ2v) is 4.65. The maximum absolute atomic E-state index is 4.61. The molecule has 100 valence electrons. The van der Waals surface area contributed by atoms with Gasteiger partial charge in [0.25, 0.3) is 0 Å². The van der Waals surface area contributed by atoms with Crippen LogP contribution in [0.15, 0.2) is 48.7 Å². The van der Waals surface area contributed by atoms with Gasteiger partial charge in [-0.2, -0.15) is 0 Å². The van der Waals surface area contributed by atoms with E-state index < -0.39 is 0 Å². The zero-order chi connectivity index (χ0) is 13.9. The molecule has 0 aliphatic rings. The standard InChI is InChI=1S/C16H16N4/c1-11-9-16(19-14-6-4-3-5-13(11)14)20-15-8-7-12(17-2)10-18-15/h3-10,17H,1-2H3,(H,18,19,20). The fourth-order valence-corrected chi connectivity index (χ4v) is 2.16. The van der Waals surface area contributed by atoms with E-state index in [4.69, 9.17) is 0 Å². The first-order chi connectivity index (χ1) is 9.76. The van der Waals surface area contributed by atoms with Gasteiger partial charge in [0, 0.05) is 12.4 Å². The Morgan fingerprint density at radius 1 is 1.00 bits per heavy atom. The van der Waals surface area contributed by atoms with Gasteiger partial charge in [0.1, 0.15) is 11.6 Å². The molecule has 3 aromatic rings. The van der Waals surface area contributed by atoms with E-state index in [1.54, 1.807) is 6.20 Å². The van der Waals surface area contributed by atoms with E-state index in [2.05, 4.69) is 33.6 Å². The first-order valence-corrected chi connectivity index (χ1v) is 6.53. The van der Waals surface area contributed by atoms with Crippen molar-refractivity contribution in [2.24, 2.45) is 0 Å². The summed E-state index contributed by atoms with van der Waals surface area (Å²) >= 11 is 0. The maximum Gasteiger partial charge on any atom is 0.132 e. The number of fused-ring (bicyclic) bond motifs is 1. The van der Waals surface area contributed by atoms with Gasteiger partial charge in [0.15, 0.2) is 0 Å². The van der Waals surface area contributed by atoms with Crippen LogP contribution in [0.3, 0.4) is 0 Å². The van der Waals surface area contributed by atoms with Crippen LogP contribution in [0.1, 0.15) is 5.56 Å². The van der Waals surface area contributed by atoms with Gasteiger partial charge in [-0.3, -0.25) is 0 Å². The lowest BCUT2D eigenvalue weighted by molar-refractivity contribution is 1.26. The van der Waals surface area contributed by atoms with Gasteiger partial charge in [-0.05, 0) is 36.8 Å². The normalized spacial score (nSPS) is 10.5. The number of rotatable bonds is 3. The number of hydrogen-bond acceptors (Lipinski definition) is 4. The number of para-hydroxylation sites is 1. The molecule has 0 amide bonds. The summed E-state index contributed by atoms with van der Waals surface area (Å²) in [6, 6.07) is 14.1. The van der Waals surface area contributed by atoms with Crippen LogP contribution in [-0.2, 0) is 0 Å². The Hall–Kier alpha value is -2.62. The highest BCUT2D eigenvalue weighted by molar-refractivity contribution is 5.84. The summed E-state index contributed by atoms with van der Waals surface area (Å²) in [6.07, 6.45) is 1.79. The van der Waals surface area contributed by atoms with E-state index in [0.29, 0.717) is 0 Å². The minimum atomic E-state index is 0.784. The van der Waals surface area contributed by atoms with E-state index in [1.807, 2.05) is 43.4 Å². The van der Waals surface area contributed by atoms with Gasteiger partial charge < -0.3 is 10.6 Å². The third-order valence-electron chi connectivity index (χ3n) is 3.23. The van der Waals surface area contributed by atoms with E-state index in [-0.39, 0.29) is 0 Å². The zero-order valence-electron chi connectivity index (χ0n) is 11.5. The van der Waals surface area contributed by atoms with Crippen LogP contribution >= 0.6 is 0 Å². The SMILES string of the molecule is CNc1ccc(Nc2cc(C)c3ccccc3n2)nc1. The molecule has 0 spiro atoms. The van der Waals surface area contributed by atoms with Crippen LogP contribution in [0.25, 0.3) is 10.9 Å². The van der Waals surface area contributed by atoms with Crippen LogP contribution in [-0.4, -0.2) is 17.0 Å². The van der Waals surface area contributed by atoms with Gasteiger partial charge in [-0.1, -0.05) is 18.2 Å². The second kappa shape index (κ2) is 5.17. The monoisotopic (exact) mass is 264 g/mol.